The number of halogens is 2. The van der Waals surface area contributed by atoms with Crippen LogP contribution in [-0.4, -0.2) is 29.0 Å². The first-order chi connectivity index (χ1) is 15.3. The molecule has 0 aliphatic rings. The van der Waals surface area contributed by atoms with E-state index in [9.17, 15) is 9.59 Å². The molecule has 3 rings (SSSR count). The molecule has 7 nitrogen and oxygen atoms in total. The number of anilines is 2. The number of carbonyl (C=O) groups is 2. The number of hydrogen-bond donors (Lipinski definition) is 2. The Balaban J connectivity index is 1.57. The van der Waals surface area contributed by atoms with Crippen LogP contribution in [0.4, 0.5) is 11.6 Å². The largest absolute Gasteiger partial charge is 0.481 e. The van der Waals surface area contributed by atoms with Crippen molar-refractivity contribution in [3.63, 3.8) is 0 Å². The number of carbonyl (C=O) groups excluding carboxylic acids is 2. The molecule has 2 atom stereocenters. The maximum Gasteiger partial charge on any atom is 0.266 e. The Kier molecular flexibility index (Phi) is 7.92. The molecule has 0 fully saturated rings. The molecular weight excluding hydrogens is 453 g/mol. The van der Waals surface area contributed by atoms with Gasteiger partial charge in [-0.05, 0) is 62.4 Å². The highest BCUT2D eigenvalue weighted by molar-refractivity contribution is 6.31. The van der Waals surface area contributed by atoms with Crippen molar-refractivity contribution < 1.29 is 19.1 Å². The van der Waals surface area contributed by atoms with E-state index in [1.54, 1.807) is 80.6 Å². The third kappa shape index (κ3) is 6.87. The SMILES string of the molecule is C[C@H](Oc1cccc(Cl)c1)C(=O)Nc1cccc(NC(=O)[C@H](C)Oc2cccc(Cl)c2)n1. The van der Waals surface area contributed by atoms with E-state index in [1.165, 1.54) is 0 Å². The van der Waals surface area contributed by atoms with E-state index >= 15 is 0 Å². The van der Waals surface area contributed by atoms with Crippen LogP contribution in [0, 0.1) is 0 Å². The van der Waals surface area contributed by atoms with Gasteiger partial charge in [0.15, 0.2) is 12.2 Å². The fraction of sp³-hybridized carbons (Fsp3) is 0.174. The molecule has 0 unspecified atom stereocenters. The predicted octanol–water partition coefficient (Wildman–Crippen LogP) is 5.20. The molecule has 0 saturated carbocycles. The van der Waals surface area contributed by atoms with Gasteiger partial charge in [-0.25, -0.2) is 4.98 Å². The molecule has 0 aliphatic carbocycles. The molecule has 0 radical (unpaired) electrons. The summed E-state index contributed by atoms with van der Waals surface area (Å²) in [6, 6.07) is 18.4. The molecule has 166 valence electrons. The van der Waals surface area contributed by atoms with Crippen LogP contribution in [-0.2, 0) is 9.59 Å². The van der Waals surface area contributed by atoms with E-state index in [0.29, 0.717) is 21.5 Å². The lowest BCUT2D eigenvalue weighted by molar-refractivity contribution is -0.122. The van der Waals surface area contributed by atoms with Gasteiger partial charge in [0.1, 0.15) is 23.1 Å². The number of aromatic nitrogens is 1. The third-order valence-electron chi connectivity index (χ3n) is 4.21. The number of hydrogen-bond acceptors (Lipinski definition) is 5. The standard InChI is InChI=1S/C23H21Cl2N3O4/c1-14(31-18-8-3-6-16(24)12-18)22(29)27-20-10-5-11-21(26-20)28-23(30)15(2)32-19-9-4-7-17(25)13-19/h3-15H,1-2H3,(H2,26,27,28,29,30)/t14-,15-/m0/s1. The first-order valence-electron chi connectivity index (χ1n) is 9.73. The van der Waals surface area contributed by atoms with Crippen LogP contribution >= 0.6 is 23.2 Å². The Morgan fingerprint density at radius 3 is 1.56 bits per heavy atom. The van der Waals surface area contributed by atoms with E-state index in [2.05, 4.69) is 15.6 Å². The fourth-order valence-electron chi connectivity index (χ4n) is 2.63. The average molecular weight is 474 g/mol. The van der Waals surface area contributed by atoms with Crippen LogP contribution in [0.3, 0.4) is 0 Å². The average Bonchev–Trinajstić information content (AvgIpc) is 2.74. The Morgan fingerprint density at radius 2 is 1.16 bits per heavy atom. The highest BCUT2D eigenvalue weighted by atomic mass is 35.5. The van der Waals surface area contributed by atoms with E-state index in [4.69, 9.17) is 32.7 Å². The maximum atomic E-state index is 12.4. The molecule has 32 heavy (non-hydrogen) atoms. The fourth-order valence-corrected chi connectivity index (χ4v) is 2.99. The molecule has 0 aliphatic heterocycles. The van der Waals surface area contributed by atoms with Crippen molar-refractivity contribution in [2.75, 3.05) is 10.6 Å². The zero-order valence-electron chi connectivity index (χ0n) is 17.3. The minimum Gasteiger partial charge on any atom is -0.481 e. The summed E-state index contributed by atoms with van der Waals surface area (Å²) in [6.45, 7) is 3.22. The smallest absolute Gasteiger partial charge is 0.266 e. The van der Waals surface area contributed by atoms with Gasteiger partial charge in [-0.2, -0.15) is 0 Å². The number of rotatable bonds is 8. The van der Waals surface area contributed by atoms with E-state index in [1.807, 2.05) is 0 Å². The lowest BCUT2D eigenvalue weighted by Crippen LogP contribution is -2.31. The number of benzene rings is 2. The monoisotopic (exact) mass is 473 g/mol. The molecule has 2 N–H and O–H groups in total. The maximum absolute atomic E-state index is 12.4. The van der Waals surface area contributed by atoms with Gasteiger partial charge in [-0.3, -0.25) is 9.59 Å². The summed E-state index contributed by atoms with van der Waals surface area (Å²) in [6.07, 6.45) is -1.58. The van der Waals surface area contributed by atoms with Gasteiger partial charge in [0, 0.05) is 10.0 Å². The van der Waals surface area contributed by atoms with Gasteiger partial charge in [0.25, 0.3) is 11.8 Å². The van der Waals surface area contributed by atoms with E-state index in [-0.39, 0.29) is 11.6 Å². The zero-order valence-corrected chi connectivity index (χ0v) is 18.9. The Hall–Kier alpha value is -3.29. The summed E-state index contributed by atoms with van der Waals surface area (Å²) in [5.74, 6) is 0.665. The van der Waals surface area contributed by atoms with Gasteiger partial charge >= 0.3 is 0 Å². The van der Waals surface area contributed by atoms with Crippen molar-refractivity contribution in [2.45, 2.75) is 26.1 Å². The lowest BCUT2D eigenvalue weighted by Gasteiger charge is -2.16. The number of amides is 2. The topological polar surface area (TPSA) is 89.6 Å². The first-order valence-corrected chi connectivity index (χ1v) is 10.5. The number of ether oxygens (including phenoxy) is 2. The zero-order chi connectivity index (χ0) is 23.1. The van der Waals surface area contributed by atoms with Crippen molar-refractivity contribution in [3.8, 4) is 11.5 Å². The van der Waals surface area contributed by atoms with Gasteiger partial charge in [-0.1, -0.05) is 41.4 Å². The van der Waals surface area contributed by atoms with Crippen molar-refractivity contribution in [1.82, 2.24) is 4.98 Å². The Bertz CT molecular complexity index is 1030. The molecule has 9 heteroatoms. The number of nitrogens with zero attached hydrogens (tertiary/aromatic N) is 1. The summed E-state index contributed by atoms with van der Waals surface area (Å²) < 4.78 is 11.2. The second-order valence-corrected chi connectivity index (χ2v) is 7.69. The molecule has 0 spiro atoms. The third-order valence-corrected chi connectivity index (χ3v) is 4.68. The first kappa shape index (κ1) is 23.4. The second kappa shape index (κ2) is 10.8. The summed E-state index contributed by atoms with van der Waals surface area (Å²) in [7, 11) is 0. The van der Waals surface area contributed by atoms with Crippen molar-refractivity contribution in [3.05, 3.63) is 76.8 Å². The summed E-state index contributed by atoms with van der Waals surface area (Å²) >= 11 is 11.9. The molecule has 2 aromatic carbocycles. The van der Waals surface area contributed by atoms with Crippen LogP contribution in [0.5, 0.6) is 11.5 Å². The molecule has 0 bridgehead atoms. The molecule has 0 saturated heterocycles. The Labute approximate surface area is 195 Å². The van der Waals surface area contributed by atoms with Crippen LogP contribution in [0.1, 0.15) is 13.8 Å². The summed E-state index contributed by atoms with van der Waals surface area (Å²) in [4.78, 5) is 29.1. The second-order valence-electron chi connectivity index (χ2n) is 6.82. The van der Waals surface area contributed by atoms with Gasteiger partial charge < -0.3 is 20.1 Å². The summed E-state index contributed by atoms with van der Waals surface area (Å²) in [5, 5.41) is 6.34. The minimum atomic E-state index is -0.792. The van der Waals surface area contributed by atoms with Gasteiger partial charge in [0.05, 0.1) is 0 Å². The molecule has 2 amide bonds. The van der Waals surface area contributed by atoms with Crippen molar-refractivity contribution in [1.29, 1.82) is 0 Å². The quantitative estimate of drug-likeness (QED) is 0.469. The molecule has 3 aromatic rings. The van der Waals surface area contributed by atoms with Crippen LogP contribution in [0.15, 0.2) is 66.7 Å². The van der Waals surface area contributed by atoms with Gasteiger partial charge in [-0.15, -0.1) is 0 Å². The van der Waals surface area contributed by atoms with Crippen LogP contribution < -0.4 is 20.1 Å². The van der Waals surface area contributed by atoms with Crippen LogP contribution in [0.2, 0.25) is 10.0 Å². The minimum absolute atomic E-state index is 0.262. The van der Waals surface area contributed by atoms with Crippen molar-refractivity contribution in [2.24, 2.45) is 0 Å². The van der Waals surface area contributed by atoms with Crippen LogP contribution in [0.25, 0.3) is 0 Å². The molecular formula is C23H21Cl2N3O4. The summed E-state index contributed by atoms with van der Waals surface area (Å²) in [5.41, 5.74) is 0. The van der Waals surface area contributed by atoms with Gasteiger partial charge in [0.2, 0.25) is 0 Å². The number of pyridine rings is 1. The molecule has 1 heterocycles. The highest BCUT2D eigenvalue weighted by Gasteiger charge is 2.18. The van der Waals surface area contributed by atoms with E-state index < -0.39 is 24.0 Å². The molecule has 1 aromatic heterocycles. The van der Waals surface area contributed by atoms with E-state index in [0.717, 1.165) is 0 Å². The normalized spacial score (nSPS) is 12.4. The predicted molar refractivity (Wildman–Crippen MR) is 125 cm³/mol. The lowest BCUT2D eigenvalue weighted by atomic mass is 10.3. The Morgan fingerprint density at radius 1 is 0.750 bits per heavy atom. The number of nitrogens with one attached hydrogen (secondary N) is 2. The van der Waals surface area contributed by atoms with Crippen molar-refractivity contribution >= 4 is 46.7 Å². The highest BCUT2D eigenvalue weighted by Crippen LogP contribution is 2.20.